The van der Waals surface area contributed by atoms with E-state index in [1.807, 2.05) is 36.4 Å². The van der Waals surface area contributed by atoms with Crippen molar-refractivity contribution in [2.45, 2.75) is 32.1 Å². The third-order valence-corrected chi connectivity index (χ3v) is 6.66. The molecule has 1 N–H and O–H groups in total. The second-order valence-electron chi connectivity index (χ2n) is 8.44. The number of hydrogen-bond acceptors (Lipinski definition) is 3. The normalized spacial score (nSPS) is 14.4. The average molecular weight is 468 g/mol. The molecule has 1 amide bonds. The Morgan fingerprint density at radius 2 is 1.73 bits per heavy atom. The Morgan fingerprint density at radius 1 is 1.09 bits per heavy atom. The van der Waals surface area contributed by atoms with Crippen LogP contribution in [0.3, 0.4) is 0 Å². The quantitative estimate of drug-likeness (QED) is 0.538. The number of carbonyl (C=O) groups excluding carboxylic acids is 1. The first-order valence-electron chi connectivity index (χ1n) is 11.2. The summed E-state index contributed by atoms with van der Waals surface area (Å²) in [5, 5.41) is 3.18. The number of anilines is 2. The molecule has 2 heterocycles. The van der Waals surface area contributed by atoms with Gasteiger partial charge in [0.25, 0.3) is 11.5 Å². The van der Waals surface area contributed by atoms with E-state index in [1.54, 1.807) is 18.1 Å². The number of rotatable bonds is 5. The average Bonchev–Trinajstić information content (AvgIpc) is 2.85. The van der Waals surface area contributed by atoms with Crippen molar-refractivity contribution >= 4 is 28.9 Å². The van der Waals surface area contributed by atoms with Crippen LogP contribution in [0.5, 0.6) is 0 Å². The third-order valence-electron chi connectivity index (χ3n) is 6.31. The van der Waals surface area contributed by atoms with Crippen molar-refractivity contribution in [3.8, 4) is 0 Å². The van der Waals surface area contributed by atoms with Crippen LogP contribution in [0, 0.1) is 5.82 Å². The number of likely N-dealkylation sites (tertiary alicyclic amines) is 1. The van der Waals surface area contributed by atoms with E-state index in [4.69, 9.17) is 11.6 Å². The van der Waals surface area contributed by atoms with Gasteiger partial charge in [0.05, 0.1) is 11.3 Å². The summed E-state index contributed by atoms with van der Waals surface area (Å²) in [6, 6.07) is 14.4. The lowest BCUT2D eigenvalue weighted by Crippen LogP contribution is -2.39. The number of carbonyl (C=O) groups is 1. The summed E-state index contributed by atoms with van der Waals surface area (Å²) in [7, 11) is 1.59. The number of halogens is 2. The van der Waals surface area contributed by atoms with Crippen LogP contribution in [-0.2, 0) is 13.5 Å². The van der Waals surface area contributed by atoms with Gasteiger partial charge in [-0.05, 0) is 60.6 Å². The van der Waals surface area contributed by atoms with E-state index < -0.39 is 0 Å². The number of nitrogens with one attached hydrogen (secondary N) is 1. The molecule has 1 aromatic heterocycles. The molecule has 1 fully saturated rings. The Balaban J connectivity index is 1.56. The number of hydrogen-bond donors (Lipinski definition) is 1. The van der Waals surface area contributed by atoms with Crippen molar-refractivity contribution in [3.05, 3.63) is 92.6 Å². The number of nitrogens with zero attached hydrogens (tertiary/aromatic N) is 2. The van der Waals surface area contributed by atoms with Crippen LogP contribution in [0.1, 0.15) is 47.2 Å². The molecule has 172 valence electrons. The molecular weight excluding hydrogens is 441 g/mol. The minimum absolute atomic E-state index is 0.0101. The maximum Gasteiger partial charge on any atom is 0.271 e. The predicted octanol–water partition coefficient (Wildman–Crippen LogP) is 5.50. The zero-order chi connectivity index (χ0) is 23.5. The van der Waals surface area contributed by atoms with Crippen molar-refractivity contribution in [2.24, 2.45) is 7.05 Å². The molecule has 1 aliphatic rings. The first-order chi connectivity index (χ1) is 15.9. The van der Waals surface area contributed by atoms with Crippen LogP contribution >= 0.6 is 11.6 Å². The second-order valence-corrected chi connectivity index (χ2v) is 8.82. The highest BCUT2D eigenvalue weighted by Crippen LogP contribution is 2.32. The summed E-state index contributed by atoms with van der Waals surface area (Å²) in [5.41, 5.74) is 3.36. The number of pyridine rings is 1. The van der Waals surface area contributed by atoms with E-state index in [1.165, 1.54) is 22.3 Å². The van der Waals surface area contributed by atoms with Crippen LogP contribution in [-0.4, -0.2) is 28.5 Å². The number of aryl methyl sites for hydroxylation is 2. The monoisotopic (exact) mass is 467 g/mol. The zero-order valence-electron chi connectivity index (χ0n) is 18.8. The zero-order valence-corrected chi connectivity index (χ0v) is 19.5. The molecule has 1 saturated heterocycles. The van der Waals surface area contributed by atoms with Gasteiger partial charge in [-0.25, -0.2) is 4.39 Å². The van der Waals surface area contributed by atoms with Gasteiger partial charge >= 0.3 is 0 Å². The summed E-state index contributed by atoms with van der Waals surface area (Å²) in [5.74, 6) is -0.131. The van der Waals surface area contributed by atoms with Crippen LogP contribution in [0.4, 0.5) is 15.8 Å². The van der Waals surface area contributed by atoms with E-state index >= 15 is 0 Å². The van der Waals surface area contributed by atoms with Crippen molar-refractivity contribution in [3.63, 3.8) is 0 Å². The lowest BCUT2D eigenvalue weighted by atomic mass is 9.89. The van der Waals surface area contributed by atoms with Gasteiger partial charge in [-0.15, -0.1) is 0 Å². The minimum Gasteiger partial charge on any atom is -0.353 e. The summed E-state index contributed by atoms with van der Waals surface area (Å²) in [6.45, 7) is 3.23. The van der Waals surface area contributed by atoms with E-state index in [2.05, 4.69) is 12.2 Å². The molecule has 0 radical (unpaired) electrons. The van der Waals surface area contributed by atoms with Crippen molar-refractivity contribution in [2.75, 3.05) is 18.4 Å². The molecule has 0 bridgehead atoms. The predicted molar refractivity (Wildman–Crippen MR) is 130 cm³/mol. The number of piperidine rings is 1. The fourth-order valence-electron chi connectivity index (χ4n) is 4.27. The maximum absolute atomic E-state index is 13.5. The molecule has 0 unspecified atom stereocenters. The van der Waals surface area contributed by atoms with E-state index in [9.17, 15) is 14.0 Å². The summed E-state index contributed by atoms with van der Waals surface area (Å²) >= 11 is 6.41. The molecule has 0 aliphatic carbocycles. The summed E-state index contributed by atoms with van der Waals surface area (Å²) in [6.07, 6.45) is 4.05. The van der Waals surface area contributed by atoms with Gasteiger partial charge in [0.1, 0.15) is 10.8 Å². The lowest BCUT2D eigenvalue weighted by Gasteiger charge is -2.33. The highest BCUT2D eigenvalue weighted by Gasteiger charge is 2.28. The molecule has 2 aromatic carbocycles. The first kappa shape index (κ1) is 23.1. The molecule has 5 nitrogen and oxygen atoms in total. The second kappa shape index (κ2) is 9.79. The van der Waals surface area contributed by atoms with E-state index in [0.29, 0.717) is 24.3 Å². The fraction of sp³-hybridized carbons (Fsp3) is 0.308. The Hall–Kier alpha value is -3.12. The Kier molecular flexibility index (Phi) is 6.84. The fourth-order valence-corrected chi connectivity index (χ4v) is 4.55. The molecule has 4 rings (SSSR count). The van der Waals surface area contributed by atoms with Gasteiger partial charge in [-0.2, -0.15) is 0 Å². The molecule has 33 heavy (non-hydrogen) atoms. The SMILES string of the molecule is CCc1ccc(Nc2c(C(=O)N3CCC(c4ccc(F)cc4)CC3)cn(C)c(=O)c2Cl)cc1. The highest BCUT2D eigenvalue weighted by atomic mass is 35.5. The van der Waals surface area contributed by atoms with Gasteiger partial charge < -0.3 is 14.8 Å². The van der Waals surface area contributed by atoms with Gasteiger partial charge in [0.2, 0.25) is 0 Å². The molecule has 1 aliphatic heterocycles. The molecule has 3 aromatic rings. The highest BCUT2D eigenvalue weighted by molar-refractivity contribution is 6.34. The third kappa shape index (κ3) is 4.96. The smallest absolute Gasteiger partial charge is 0.271 e. The van der Waals surface area contributed by atoms with Gasteiger partial charge in [0.15, 0.2) is 0 Å². The van der Waals surface area contributed by atoms with E-state index in [-0.39, 0.29) is 28.2 Å². The van der Waals surface area contributed by atoms with Gasteiger partial charge in [-0.1, -0.05) is 42.8 Å². The van der Waals surface area contributed by atoms with Crippen LogP contribution < -0.4 is 10.9 Å². The lowest BCUT2D eigenvalue weighted by molar-refractivity contribution is 0.0713. The van der Waals surface area contributed by atoms with Crippen molar-refractivity contribution in [1.82, 2.24) is 9.47 Å². The van der Waals surface area contributed by atoms with Crippen LogP contribution in [0.2, 0.25) is 5.02 Å². The van der Waals surface area contributed by atoms with Gasteiger partial charge in [-0.3, -0.25) is 9.59 Å². The topological polar surface area (TPSA) is 54.3 Å². The van der Waals surface area contributed by atoms with Gasteiger partial charge in [0, 0.05) is 32.0 Å². The number of benzene rings is 2. The number of aromatic nitrogens is 1. The molecular formula is C26H27ClFN3O2. The molecule has 0 spiro atoms. The Labute approximate surface area is 197 Å². The molecule has 7 heteroatoms. The van der Waals surface area contributed by atoms with Crippen molar-refractivity contribution in [1.29, 1.82) is 0 Å². The largest absolute Gasteiger partial charge is 0.353 e. The minimum atomic E-state index is -0.365. The van der Waals surface area contributed by atoms with Crippen LogP contribution in [0.25, 0.3) is 0 Å². The Morgan fingerprint density at radius 3 is 2.33 bits per heavy atom. The van der Waals surface area contributed by atoms with Crippen LogP contribution in [0.15, 0.2) is 59.5 Å². The Bertz CT molecular complexity index is 1200. The molecule has 0 atom stereocenters. The summed E-state index contributed by atoms with van der Waals surface area (Å²) in [4.78, 5) is 27.8. The number of amides is 1. The maximum atomic E-state index is 13.5. The van der Waals surface area contributed by atoms with E-state index in [0.717, 1.165) is 30.5 Å². The van der Waals surface area contributed by atoms with Crippen molar-refractivity contribution < 1.29 is 9.18 Å². The summed E-state index contributed by atoms with van der Waals surface area (Å²) < 4.78 is 14.6. The molecule has 0 saturated carbocycles. The standard InChI is InChI=1S/C26H27ClFN3O2/c1-3-17-4-10-21(11-5-17)29-24-22(16-30(2)26(33)23(24)27)25(32)31-14-12-19(13-15-31)18-6-8-20(28)9-7-18/h4-11,16,19,29H,3,12-15H2,1-2H3. The first-order valence-corrected chi connectivity index (χ1v) is 11.5.